The summed E-state index contributed by atoms with van der Waals surface area (Å²) >= 11 is 0. The maximum absolute atomic E-state index is 10.8. The highest BCUT2D eigenvalue weighted by molar-refractivity contribution is 7.86. The van der Waals surface area contributed by atoms with Crippen molar-refractivity contribution in [2.24, 2.45) is 0 Å². The molecule has 0 aliphatic rings. The van der Waals surface area contributed by atoms with E-state index in [0.717, 1.165) is 32.1 Å². The third-order valence-electron chi connectivity index (χ3n) is 3.78. The Morgan fingerprint density at radius 2 is 1.10 bits per heavy atom. The first kappa shape index (κ1) is 19.9. The molecule has 20 heavy (non-hydrogen) atoms. The maximum Gasteiger partial charge on any atom is 0.267 e. The van der Waals surface area contributed by atoms with Gasteiger partial charge in [0.15, 0.2) is 0 Å². The van der Waals surface area contributed by atoms with Crippen molar-refractivity contribution >= 4 is 10.1 Å². The highest BCUT2D eigenvalue weighted by Crippen LogP contribution is 2.14. The Kier molecular flexibility index (Phi) is 12.5. The lowest BCUT2D eigenvalue weighted by molar-refractivity contribution is 0.282. The third kappa shape index (κ3) is 12.9. The molecule has 0 aromatic rings. The van der Waals surface area contributed by atoms with E-state index in [1.807, 2.05) is 0 Å². The van der Waals surface area contributed by atoms with Gasteiger partial charge in [0.05, 0.1) is 5.25 Å². The molecule has 1 unspecified atom stereocenters. The summed E-state index contributed by atoms with van der Waals surface area (Å²) in [5, 5.41) is 8.02. The van der Waals surface area contributed by atoms with E-state index in [9.17, 15) is 8.42 Å². The van der Waals surface area contributed by atoms with E-state index in [-0.39, 0.29) is 0 Å². The lowest BCUT2D eigenvalue weighted by atomic mass is 10.0. The first-order valence-electron chi connectivity index (χ1n) is 8.05. The van der Waals surface area contributed by atoms with E-state index in [0.29, 0.717) is 13.0 Å². The lowest BCUT2D eigenvalue weighted by Crippen LogP contribution is -2.16. The van der Waals surface area contributed by atoms with Gasteiger partial charge in [-0.15, -0.1) is 0 Å². The van der Waals surface area contributed by atoms with Crippen molar-refractivity contribution in [2.75, 3.05) is 6.61 Å². The predicted octanol–water partition coefficient (Wildman–Crippen LogP) is 3.94. The molecule has 0 saturated carbocycles. The highest BCUT2D eigenvalue weighted by atomic mass is 32.2. The minimum absolute atomic E-state index is 0.316. The van der Waals surface area contributed by atoms with Crippen LogP contribution in [0, 0.1) is 0 Å². The Labute approximate surface area is 124 Å². The smallest absolute Gasteiger partial charge is 0.267 e. The van der Waals surface area contributed by atoms with Gasteiger partial charge in [-0.1, -0.05) is 64.2 Å². The Hall–Kier alpha value is -0.130. The van der Waals surface area contributed by atoms with Gasteiger partial charge in [0.2, 0.25) is 0 Å². The zero-order chi connectivity index (χ0) is 15.3. The molecular formula is C15H32O4S. The average molecular weight is 308 g/mol. The van der Waals surface area contributed by atoms with Crippen molar-refractivity contribution in [3.05, 3.63) is 0 Å². The molecular weight excluding hydrogens is 276 g/mol. The van der Waals surface area contributed by atoms with E-state index in [1.165, 1.54) is 38.5 Å². The fourth-order valence-corrected chi connectivity index (χ4v) is 2.75. The van der Waals surface area contributed by atoms with Gasteiger partial charge in [-0.3, -0.25) is 4.55 Å². The Morgan fingerprint density at radius 3 is 1.45 bits per heavy atom. The van der Waals surface area contributed by atoms with Crippen LogP contribution in [0.15, 0.2) is 0 Å². The van der Waals surface area contributed by atoms with Crippen LogP contribution < -0.4 is 0 Å². The summed E-state index contributed by atoms with van der Waals surface area (Å²) < 4.78 is 30.4. The molecule has 0 fully saturated rings. The van der Waals surface area contributed by atoms with E-state index < -0.39 is 15.4 Å². The molecule has 0 amide bonds. The number of unbranched alkanes of at least 4 members (excludes halogenated alkanes) is 10. The Balaban J connectivity index is 3.18. The zero-order valence-electron chi connectivity index (χ0n) is 12.9. The van der Waals surface area contributed by atoms with Crippen LogP contribution in [0.2, 0.25) is 0 Å². The third-order valence-corrected chi connectivity index (χ3v) is 5.03. The van der Waals surface area contributed by atoms with Crippen LogP contribution in [0.4, 0.5) is 0 Å². The molecule has 0 radical (unpaired) electrons. The average Bonchev–Trinajstić information content (AvgIpc) is 2.38. The largest absolute Gasteiger partial charge is 0.396 e. The summed E-state index contributed by atoms with van der Waals surface area (Å²) in [6.45, 7) is 1.88. The van der Waals surface area contributed by atoms with Crippen molar-refractivity contribution < 1.29 is 18.1 Å². The fraction of sp³-hybridized carbons (Fsp3) is 1.00. The first-order valence-corrected chi connectivity index (χ1v) is 9.56. The monoisotopic (exact) mass is 308 g/mol. The molecule has 5 heteroatoms. The Bertz CT molecular complexity index is 301. The van der Waals surface area contributed by atoms with Gasteiger partial charge in [-0.05, 0) is 19.8 Å². The standard InChI is InChI=1S/C15H32O4S/c1-15(20(17,18)19)13-11-9-7-5-3-2-4-6-8-10-12-14-16/h15-16H,2-14H2,1H3,(H,17,18,19). The minimum atomic E-state index is -3.83. The number of aliphatic hydroxyl groups is 1. The summed E-state index contributed by atoms with van der Waals surface area (Å²) in [5.41, 5.74) is 0. The van der Waals surface area contributed by atoms with Crippen LogP contribution >= 0.6 is 0 Å². The van der Waals surface area contributed by atoms with Crippen LogP contribution in [0.5, 0.6) is 0 Å². The maximum atomic E-state index is 10.8. The first-order chi connectivity index (χ1) is 9.48. The molecule has 0 aromatic heterocycles. The van der Waals surface area contributed by atoms with E-state index in [4.69, 9.17) is 9.66 Å². The molecule has 0 rings (SSSR count). The molecule has 0 bridgehead atoms. The van der Waals surface area contributed by atoms with Gasteiger partial charge in [0.1, 0.15) is 0 Å². The highest BCUT2D eigenvalue weighted by Gasteiger charge is 2.15. The van der Waals surface area contributed by atoms with Crippen LogP contribution in [0.25, 0.3) is 0 Å². The molecule has 2 N–H and O–H groups in total. The molecule has 4 nitrogen and oxygen atoms in total. The van der Waals surface area contributed by atoms with Gasteiger partial charge in [-0.2, -0.15) is 8.42 Å². The fourth-order valence-electron chi connectivity index (χ4n) is 2.28. The van der Waals surface area contributed by atoms with Crippen LogP contribution in [0.1, 0.15) is 84.0 Å². The summed E-state index contributed by atoms with van der Waals surface area (Å²) in [5.74, 6) is 0. The molecule has 0 aliphatic carbocycles. The molecule has 0 saturated heterocycles. The summed E-state index contributed by atoms with van der Waals surface area (Å²) in [6.07, 6.45) is 13.3. The molecule has 0 spiro atoms. The quantitative estimate of drug-likeness (QED) is 0.376. The second-order valence-electron chi connectivity index (χ2n) is 5.73. The van der Waals surface area contributed by atoms with Crippen LogP contribution in [-0.4, -0.2) is 29.9 Å². The SMILES string of the molecule is CC(CCCCCCCCCCCCCO)S(=O)(=O)O. The molecule has 0 heterocycles. The van der Waals surface area contributed by atoms with E-state index >= 15 is 0 Å². The van der Waals surface area contributed by atoms with Crippen molar-refractivity contribution in [3.8, 4) is 0 Å². The van der Waals surface area contributed by atoms with Gasteiger partial charge >= 0.3 is 0 Å². The van der Waals surface area contributed by atoms with Crippen LogP contribution in [0.3, 0.4) is 0 Å². The summed E-state index contributed by atoms with van der Waals surface area (Å²) in [6, 6.07) is 0. The second kappa shape index (κ2) is 12.6. The minimum Gasteiger partial charge on any atom is -0.396 e. The van der Waals surface area contributed by atoms with Crippen molar-refractivity contribution in [1.82, 2.24) is 0 Å². The number of rotatable bonds is 14. The van der Waals surface area contributed by atoms with Crippen LogP contribution in [-0.2, 0) is 10.1 Å². The molecule has 122 valence electrons. The summed E-state index contributed by atoms with van der Waals surface area (Å²) in [4.78, 5) is 0. The van der Waals surface area contributed by atoms with E-state index in [2.05, 4.69) is 0 Å². The van der Waals surface area contributed by atoms with Crippen molar-refractivity contribution in [2.45, 2.75) is 89.2 Å². The van der Waals surface area contributed by atoms with Gasteiger partial charge < -0.3 is 5.11 Å². The normalized spacial score (nSPS) is 13.6. The topological polar surface area (TPSA) is 74.6 Å². The number of aliphatic hydroxyl groups excluding tert-OH is 1. The van der Waals surface area contributed by atoms with E-state index in [1.54, 1.807) is 6.92 Å². The van der Waals surface area contributed by atoms with Gasteiger partial charge in [-0.25, -0.2) is 0 Å². The summed E-state index contributed by atoms with van der Waals surface area (Å²) in [7, 11) is -3.83. The van der Waals surface area contributed by atoms with Gasteiger partial charge in [0.25, 0.3) is 10.1 Å². The van der Waals surface area contributed by atoms with Crippen molar-refractivity contribution in [1.29, 1.82) is 0 Å². The molecule has 1 atom stereocenters. The molecule has 0 aromatic carbocycles. The Morgan fingerprint density at radius 1 is 0.750 bits per heavy atom. The molecule has 0 aliphatic heterocycles. The number of hydrogen-bond acceptors (Lipinski definition) is 3. The number of hydrogen-bond donors (Lipinski definition) is 2. The van der Waals surface area contributed by atoms with Gasteiger partial charge in [0, 0.05) is 6.61 Å². The lowest BCUT2D eigenvalue weighted by Gasteiger charge is -2.07. The predicted molar refractivity (Wildman–Crippen MR) is 83.5 cm³/mol. The second-order valence-corrected chi connectivity index (χ2v) is 7.56. The van der Waals surface area contributed by atoms with Crippen molar-refractivity contribution in [3.63, 3.8) is 0 Å². The zero-order valence-corrected chi connectivity index (χ0v) is 13.7.